The largest absolute Gasteiger partial charge is 0.748 e. The van der Waals surface area contributed by atoms with Gasteiger partial charge in [0.2, 0.25) is 0 Å². The summed E-state index contributed by atoms with van der Waals surface area (Å²) in [4.78, 5) is 3.79. The molecule has 3 aromatic rings. The second kappa shape index (κ2) is 14.0. The zero-order valence-electron chi connectivity index (χ0n) is 21.5. The van der Waals surface area contributed by atoms with Crippen molar-refractivity contribution in [3.8, 4) is 11.5 Å². The Bertz CT molecular complexity index is 1130. The monoisotopic (exact) mass is 558 g/mol. The van der Waals surface area contributed by atoms with E-state index in [1.807, 2.05) is 0 Å². The van der Waals surface area contributed by atoms with Crippen molar-refractivity contribution in [3.05, 3.63) is 78.9 Å². The van der Waals surface area contributed by atoms with Crippen LogP contribution in [0.15, 0.2) is 93.5 Å². The van der Waals surface area contributed by atoms with E-state index in [2.05, 4.69) is 78.9 Å². The Hall–Kier alpha value is -2.56. The number of ether oxygens (including phenoxy) is 4. The average molecular weight is 559 g/mol. The van der Waals surface area contributed by atoms with E-state index < -0.39 is 10.1 Å². The molecule has 2 saturated heterocycles. The smallest absolute Gasteiger partial charge is 0.199 e. The van der Waals surface area contributed by atoms with Gasteiger partial charge < -0.3 is 23.5 Å². The summed E-state index contributed by atoms with van der Waals surface area (Å²) in [6, 6.07) is 27.6. The number of hydrogen-bond acceptors (Lipinski definition) is 7. The number of benzene rings is 3. The highest BCUT2D eigenvalue weighted by molar-refractivity contribution is 7.97. The van der Waals surface area contributed by atoms with Crippen LogP contribution in [0.1, 0.15) is 38.5 Å². The van der Waals surface area contributed by atoms with E-state index in [4.69, 9.17) is 31.9 Å². The molecule has 9 heteroatoms. The van der Waals surface area contributed by atoms with E-state index in [1.165, 1.54) is 14.7 Å². The summed E-state index contributed by atoms with van der Waals surface area (Å²) in [5.41, 5.74) is 0. The minimum Gasteiger partial charge on any atom is -0.748 e. The lowest BCUT2D eigenvalue weighted by Gasteiger charge is -2.23. The second-order valence-corrected chi connectivity index (χ2v) is 12.5. The third kappa shape index (κ3) is 9.32. The molecular formula is C29H34O7S2. The Kier molecular flexibility index (Phi) is 10.5. The van der Waals surface area contributed by atoms with Gasteiger partial charge in [0.05, 0.1) is 34.2 Å². The van der Waals surface area contributed by atoms with E-state index in [1.54, 1.807) is 0 Å². The van der Waals surface area contributed by atoms with Crippen molar-refractivity contribution in [2.75, 3.05) is 19.5 Å². The van der Waals surface area contributed by atoms with Crippen molar-refractivity contribution in [3.63, 3.8) is 0 Å². The Balaban J connectivity index is 0.000000617. The molecule has 0 aliphatic carbocycles. The lowest BCUT2D eigenvalue weighted by molar-refractivity contribution is -0.106. The molecule has 2 aliphatic heterocycles. The average Bonchev–Trinajstić information content (AvgIpc) is 2.92. The van der Waals surface area contributed by atoms with Gasteiger partial charge in [0, 0.05) is 19.1 Å². The first-order valence-corrected chi connectivity index (χ1v) is 15.9. The highest BCUT2D eigenvalue weighted by Gasteiger charge is 2.29. The first kappa shape index (κ1) is 28.4. The van der Waals surface area contributed by atoms with Crippen molar-refractivity contribution in [2.45, 2.75) is 65.8 Å². The molecule has 2 aliphatic rings. The highest BCUT2D eigenvalue weighted by atomic mass is 32.2. The summed E-state index contributed by atoms with van der Waals surface area (Å²) in [7, 11) is -4.13. The fraction of sp³-hybridized carbons (Fsp3) is 0.379. The lowest BCUT2D eigenvalue weighted by Crippen LogP contribution is -2.25. The standard InChI is InChI=1S/C28H31O4S.CH4O3S/c1-2-8-24(9-3-1)33(25-16-12-22(13-17-25)31-27-10-4-6-20-29-27)26-18-14-23(15-19-26)32-28-11-5-7-21-30-28;1-5(2,3)4/h1-3,8-9,12-19,27-28H,4-7,10-11,20-21H2;1H3,(H,2,3,4)/q+1;/p-1. The van der Waals surface area contributed by atoms with Crippen molar-refractivity contribution >= 4 is 21.0 Å². The van der Waals surface area contributed by atoms with Crippen molar-refractivity contribution in [1.29, 1.82) is 0 Å². The van der Waals surface area contributed by atoms with Gasteiger partial charge in [-0.25, -0.2) is 8.42 Å². The van der Waals surface area contributed by atoms with Crippen LogP contribution in [0.25, 0.3) is 0 Å². The molecule has 0 N–H and O–H groups in total. The molecule has 3 aromatic carbocycles. The molecule has 0 aromatic heterocycles. The molecule has 38 heavy (non-hydrogen) atoms. The summed E-state index contributed by atoms with van der Waals surface area (Å²) >= 11 is 0. The van der Waals surface area contributed by atoms with Crippen LogP contribution in [0, 0.1) is 0 Å². The third-order valence-electron chi connectivity index (χ3n) is 5.91. The Labute approximate surface area is 228 Å². The van der Waals surface area contributed by atoms with Gasteiger partial charge in [0.1, 0.15) is 11.5 Å². The normalized spacial score (nSPS) is 20.5. The predicted molar refractivity (Wildman–Crippen MR) is 146 cm³/mol. The Morgan fingerprint density at radius 3 is 1.45 bits per heavy atom. The molecule has 204 valence electrons. The summed E-state index contributed by atoms with van der Waals surface area (Å²) in [5.74, 6) is 1.72. The van der Waals surface area contributed by atoms with Crippen LogP contribution in [-0.4, -0.2) is 45.0 Å². The predicted octanol–water partition coefficient (Wildman–Crippen LogP) is 5.75. The second-order valence-electron chi connectivity index (χ2n) is 9.09. The maximum atomic E-state index is 9.08. The van der Waals surface area contributed by atoms with E-state index in [9.17, 15) is 0 Å². The fourth-order valence-electron chi connectivity index (χ4n) is 4.19. The minimum atomic E-state index is -3.92. The molecule has 0 saturated carbocycles. The van der Waals surface area contributed by atoms with Crippen molar-refractivity contribution < 1.29 is 31.9 Å². The highest BCUT2D eigenvalue weighted by Crippen LogP contribution is 2.33. The molecule has 0 bridgehead atoms. The van der Waals surface area contributed by atoms with Gasteiger partial charge in [-0.3, -0.25) is 0 Å². The first-order chi connectivity index (χ1) is 18.3. The van der Waals surface area contributed by atoms with Crippen LogP contribution >= 0.6 is 0 Å². The summed E-state index contributed by atoms with van der Waals surface area (Å²) < 4.78 is 50.8. The van der Waals surface area contributed by atoms with Crippen LogP contribution < -0.4 is 9.47 Å². The topological polar surface area (TPSA) is 94.1 Å². The van der Waals surface area contributed by atoms with Crippen LogP contribution in [0.5, 0.6) is 11.5 Å². The molecule has 0 spiro atoms. The van der Waals surface area contributed by atoms with Crippen molar-refractivity contribution in [1.82, 2.24) is 0 Å². The van der Waals surface area contributed by atoms with Gasteiger partial charge in [-0.15, -0.1) is 0 Å². The van der Waals surface area contributed by atoms with Crippen LogP contribution in [0.2, 0.25) is 0 Å². The van der Waals surface area contributed by atoms with E-state index in [0.29, 0.717) is 6.26 Å². The van der Waals surface area contributed by atoms with Crippen molar-refractivity contribution in [2.24, 2.45) is 0 Å². The summed E-state index contributed by atoms with van der Waals surface area (Å²) in [6.45, 7) is 1.57. The molecule has 2 fully saturated rings. The zero-order valence-corrected chi connectivity index (χ0v) is 23.1. The van der Waals surface area contributed by atoms with Gasteiger partial charge >= 0.3 is 0 Å². The van der Waals surface area contributed by atoms with Gasteiger partial charge in [0.15, 0.2) is 27.3 Å². The van der Waals surface area contributed by atoms with Crippen LogP contribution in [0.3, 0.4) is 0 Å². The quantitative estimate of drug-likeness (QED) is 0.269. The Morgan fingerprint density at radius 1 is 0.684 bits per heavy atom. The van der Waals surface area contributed by atoms with E-state index >= 15 is 0 Å². The lowest BCUT2D eigenvalue weighted by atomic mass is 10.2. The third-order valence-corrected chi connectivity index (χ3v) is 8.14. The molecule has 5 rings (SSSR count). The molecular weight excluding hydrogens is 524 g/mol. The number of rotatable bonds is 7. The van der Waals surface area contributed by atoms with Gasteiger partial charge in [-0.05, 0) is 86.3 Å². The minimum absolute atomic E-state index is 0.127. The zero-order chi connectivity index (χ0) is 26.8. The summed E-state index contributed by atoms with van der Waals surface area (Å²) in [5, 5.41) is 0. The SMILES string of the molecule is CS(=O)(=O)[O-].c1ccc([S+](c2ccc(OC3CCCCO3)cc2)c2ccc(OC3CCCCO3)cc2)cc1. The molecule has 0 radical (unpaired) electrons. The fourth-order valence-corrected chi connectivity index (χ4v) is 6.25. The molecule has 0 amide bonds. The Morgan fingerprint density at radius 2 is 1.08 bits per heavy atom. The van der Waals surface area contributed by atoms with E-state index in [0.717, 1.165) is 63.2 Å². The molecule has 2 atom stereocenters. The van der Waals surface area contributed by atoms with E-state index in [-0.39, 0.29) is 23.5 Å². The molecule has 7 nitrogen and oxygen atoms in total. The maximum Gasteiger partial charge on any atom is 0.199 e. The first-order valence-electron chi connectivity index (χ1n) is 12.8. The summed E-state index contributed by atoms with van der Waals surface area (Å²) in [6.07, 6.45) is 6.82. The number of hydrogen-bond donors (Lipinski definition) is 0. The molecule has 2 heterocycles. The van der Waals surface area contributed by atoms with Crippen LogP contribution in [-0.2, 0) is 30.5 Å². The van der Waals surface area contributed by atoms with Gasteiger partial charge in [0.25, 0.3) is 0 Å². The molecule has 2 unspecified atom stereocenters. The van der Waals surface area contributed by atoms with Gasteiger partial charge in [-0.1, -0.05) is 18.2 Å². The van der Waals surface area contributed by atoms with Crippen LogP contribution in [0.4, 0.5) is 0 Å². The van der Waals surface area contributed by atoms with Gasteiger partial charge in [-0.2, -0.15) is 0 Å². The maximum absolute atomic E-state index is 9.08.